The maximum absolute atomic E-state index is 11.2. The van der Waals surface area contributed by atoms with Crippen molar-refractivity contribution < 1.29 is 14.3 Å². The highest BCUT2D eigenvalue weighted by Crippen LogP contribution is 2.21. The number of halogens is 1. The van der Waals surface area contributed by atoms with Crippen LogP contribution < -0.4 is 0 Å². The van der Waals surface area contributed by atoms with Crippen molar-refractivity contribution in [1.29, 1.82) is 0 Å². The summed E-state index contributed by atoms with van der Waals surface area (Å²) in [5.74, 6) is -0.450. The van der Waals surface area contributed by atoms with Crippen molar-refractivity contribution in [2.75, 3.05) is 7.11 Å². The molecule has 74 valence electrons. The molecule has 0 unspecified atom stereocenters. The largest absolute Gasteiger partial charge is 0.465 e. The molecule has 0 N–H and O–H groups in total. The van der Waals surface area contributed by atoms with Crippen molar-refractivity contribution in [3.8, 4) is 0 Å². The lowest BCUT2D eigenvalue weighted by molar-refractivity contribution is 0.0600. The van der Waals surface area contributed by atoms with Gasteiger partial charge in [-0.25, -0.2) is 4.79 Å². The number of hydrogen-bond acceptors (Lipinski definition) is 3. The van der Waals surface area contributed by atoms with E-state index >= 15 is 0 Å². The number of hydrogen-bond donors (Lipinski definition) is 0. The fourth-order valence-corrected chi connectivity index (χ4v) is 1.53. The number of carbonyl (C=O) groups is 2. The molecule has 0 aliphatic rings. The number of rotatable bonds is 2. The monoisotopic (exact) mass is 256 g/mol. The Kier molecular flexibility index (Phi) is 3.41. The van der Waals surface area contributed by atoms with Crippen LogP contribution in [0.25, 0.3) is 0 Å². The van der Waals surface area contributed by atoms with Crippen molar-refractivity contribution in [3.63, 3.8) is 0 Å². The Labute approximate surface area is 90.2 Å². The fraction of sp³-hybridized carbons (Fsp3) is 0.200. The fourth-order valence-electron chi connectivity index (χ4n) is 1.06. The van der Waals surface area contributed by atoms with Crippen molar-refractivity contribution in [2.45, 2.75) is 6.92 Å². The number of benzene rings is 1. The van der Waals surface area contributed by atoms with Gasteiger partial charge in [0.05, 0.1) is 12.7 Å². The zero-order valence-corrected chi connectivity index (χ0v) is 9.42. The van der Waals surface area contributed by atoms with Crippen LogP contribution in [0.15, 0.2) is 16.6 Å². The maximum Gasteiger partial charge on any atom is 0.337 e. The van der Waals surface area contributed by atoms with E-state index in [1.165, 1.54) is 13.2 Å². The standard InChI is InChI=1S/C10H9BrO3/c1-6-8(5-12)3-7(4-9(6)11)10(13)14-2/h3-5H,1-2H3. The van der Waals surface area contributed by atoms with E-state index in [1.54, 1.807) is 13.0 Å². The van der Waals surface area contributed by atoms with Gasteiger partial charge in [0, 0.05) is 10.0 Å². The third-order valence-electron chi connectivity index (χ3n) is 1.93. The van der Waals surface area contributed by atoms with Crippen LogP contribution in [0.1, 0.15) is 26.3 Å². The molecule has 0 fully saturated rings. The summed E-state index contributed by atoms with van der Waals surface area (Å²) >= 11 is 3.27. The zero-order valence-electron chi connectivity index (χ0n) is 7.83. The van der Waals surface area contributed by atoms with Crippen molar-refractivity contribution >= 4 is 28.2 Å². The summed E-state index contributed by atoms with van der Waals surface area (Å²) < 4.78 is 5.28. The first-order valence-corrected chi connectivity index (χ1v) is 4.73. The van der Waals surface area contributed by atoms with E-state index in [4.69, 9.17) is 0 Å². The Morgan fingerprint density at radius 1 is 1.50 bits per heavy atom. The molecule has 0 heterocycles. The summed E-state index contributed by atoms with van der Waals surface area (Å²) in [7, 11) is 1.30. The minimum absolute atomic E-state index is 0.368. The van der Waals surface area contributed by atoms with E-state index in [0.717, 1.165) is 10.0 Å². The van der Waals surface area contributed by atoms with Crippen LogP contribution in [-0.4, -0.2) is 19.4 Å². The van der Waals surface area contributed by atoms with Crippen molar-refractivity contribution in [1.82, 2.24) is 0 Å². The second-order valence-corrected chi connectivity index (χ2v) is 3.64. The summed E-state index contributed by atoms with van der Waals surface area (Å²) in [6.07, 6.45) is 0.715. The molecule has 0 bridgehead atoms. The smallest absolute Gasteiger partial charge is 0.337 e. The van der Waals surface area contributed by atoms with Gasteiger partial charge in [0.2, 0.25) is 0 Å². The molecular formula is C10H9BrO3. The van der Waals surface area contributed by atoms with E-state index in [-0.39, 0.29) is 0 Å². The molecule has 3 nitrogen and oxygen atoms in total. The average Bonchev–Trinajstić information content (AvgIpc) is 2.20. The molecule has 0 atom stereocenters. The van der Waals surface area contributed by atoms with Gasteiger partial charge in [-0.2, -0.15) is 0 Å². The minimum Gasteiger partial charge on any atom is -0.465 e. The van der Waals surface area contributed by atoms with Crippen LogP contribution in [0.2, 0.25) is 0 Å². The topological polar surface area (TPSA) is 43.4 Å². The van der Waals surface area contributed by atoms with Crippen molar-refractivity contribution in [2.24, 2.45) is 0 Å². The molecule has 0 saturated carbocycles. The molecule has 0 radical (unpaired) electrons. The Balaban J connectivity index is 3.29. The Morgan fingerprint density at radius 2 is 2.14 bits per heavy atom. The van der Waals surface area contributed by atoms with E-state index in [1.807, 2.05) is 0 Å². The van der Waals surface area contributed by atoms with Crippen LogP contribution in [-0.2, 0) is 4.74 Å². The third kappa shape index (κ3) is 2.01. The predicted octanol–water partition coefficient (Wildman–Crippen LogP) is 2.36. The summed E-state index contributed by atoms with van der Waals surface area (Å²) in [4.78, 5) is 21.9. The highest BCUT2D eigenvalue weighted by atomic mass is 79.9. The second kappa shape index (κ2) is 4.37. The molecule has 0 aliphatic heterocycles. The second-order valence-electron chi connectivity index (χ2n) is 2.78. The molecule has 4 heteroatoms. The molecule has 0 spiro atoms. The first-order chi connectivity index (χ1) is 6.60. The SMILES string of the molecule is COC(=O)c1cc(Br)c(C)c(C=O)c1. The van der Waals surface area contributed by atoms with E-state index < -0.39 is 5.97 Å². The first kappa shape index (κ1) is 10.9. The zero-order chi connectivity index (χ0) is 10.7. The van der Waals surface area contributed by atoms with Crippen LogP contribution in [0.3, 0.4) is 0 Å². The van der Waals surface area contributed by atoms with Crippen LogP contribution in [0.5, 0.6) is 0 Å². The average molecular weight is 257 g/mol. The van der Waals surface area contributed by atoms with Gasteiger partial charge in [-0.3, -0.25) is 4.79 Å². The summed E-state index contributed by atoms with van der Waals surface area (Å²) in [6.45, 7) is 1.80. The molecule has 0 aromatic heterocycles. The Hall–Kier alpha value is -1.16. The number of carbonyl (C=O) groups excluding carboxylic acids is 2. The van der Waals surface area contributed by atoms with Gasteiger partial charge >= 0.3 is 5.97 Å². The highest BCUT2D eigenvalue weighted by Gasteiger charge is 2.10. The van der Waals surface area contributed by atoms with Gasteiger partial charge in [0.25, 0.3) is 0 Å². The van der Waals surface area contributed by atoms with E-state index in [0.29, 0.717) is 17.4 Å². The van der Waals surface area contributed by atoms with Gasteiger partial charge in [-0.1, -0.05) is 15.9 Å². The maximum atomic E-state index is 11.2. The van der Waals surface area contributed by atoms with Gasteiger partial charge < -0.3 is 4.74 Å². The normalized spacial score (nSPS) is 9.64. The van der Waals surface area contributed by atoms with Crippen LogP contribution >= 0.6 is 15.9 Å². The quantitative estimate of drug-likeness (QED) is 0.603. The van der Waals surface area contributed by atoms with Gasteiger partial charge in [0.1, 0.15) is 6.29 Å². The molecule has 1 aromatic rings. The molecule has 14 heavy (non-hydrogen) atoms. The van der Waals surface area contributed by atoms with Crippen LogP contribution in [0, 0.1) is 6.92 Å². The van der Waals surface area contributed by atoms with Gasteiger partial charge in [-0.15, -0.1) is 0 Å². The molecule has 0 amide bonds. The molecule has 0 aliphatic carbocycles. The highest BCUT2D eigenvalue weighted by molar-refractivity contribution is 9.10. The molecular weight excluding hydrogens is 248 g/mol. The van der Waals surface area contributed by atoms with Crippen molar-refractivity contribution in [3.05, 3.63) is 33.3 Å². The van der Waals surface area contributed by atoms with Crippen LogP contribution in [0.4, 0.5) is 0 Å². The molecule has 1 aromatic carbocycles. The molecule has 0 saturated heterocycles. The van der Waals surface area contributed by atoms with Gasteiger partial charge in [-0.05, 0) is 24.6 Å². The van der Waals surface area contributed by atoms with Gasteiger partial charge in [0.15, 0.2) is 0 Å². The lowest BCUT2D eigenvalue weighted by atomic mass is 10.1. The summed E-state index contributed by atoms with van der Waals surface area (Å²) in [5.41, 5.74) is 1.67. The number of methoxy groups -OCH3 is 1. The number of esters is 1. The predicted molar refractivity (Wildman–Crippen MR) is 55.6 cm³/mol. The Morgan fingerprint density at radius 3 is 2.64 bits per heavy atom. The summed E-state index contributed by atoms with van der Waals surface area (Å²) in [6, 6.07) is 3.15. The number of aldehydes is 1. The van der Waals surface area contributed by atoms with E-state index in [2.05, 4.69) is 20.7 Å². The Bertz CT molecular complexity index is 385. The lowest BCUT2D eigenvalue weighted by Crippen LogP contribution is -2.03. The minimum atomic E-state index is -0.450. The number of ether oxygens (including phenoxy) is 1. The lowest BCUT2D eigenvalue weighted by Gasteiger charge is -2.05. The van der Waals surface area contributed by atoms with E-state index in [9.17, 15) is 9.59 Å². The summed E-state index contributed by atoms with van der Waals surface area (Å²) in [5, 5.41) is 0. The molecule has 1 rings (SSSR count). The third-order valence-corrected chi connectivity index (χ3v) is 2.76. The first-order valence-electron chi connectivity index (χ1n) is 3.93.